The minimum absolute atomic E-state index is 0.0837. The Kier molecular flexibility index (Phi) is 3.23. The van der Waals surface area contributed by atoms with Crippen LogP contribution in [-0.2, 0) is 11.3 Å². The maximum absolute atomic E-state index is 13.4. The van der Waals surface area contributed by atoms with Crippen LogP contribution in [0.5, 0.6) is 0 Å². The van der Waals surface area contributed by atoms with Gasteiger partial charge in [0.1, 0.15) is 11.3 Å². The van der Waals surface area contributed by atoms with Gasteiger partial charge in [-0.15, -0.1) is 0 Å². The molecule has 0 radical (unpaired) electrons. The average Bonchev–Trinajstić information content (AvgIpc) is 2.57. The van der Waals surface area contributed by atoms with Crippen molar-refractivity contribution in [3.63, 3.8) is 0 Å². The summed E-state index contributed by atoms with van der Waals surface area (Å²) in [6, 6.07) is 2.01. The second-order valence-corrected chi connectivity index (χ2v) is 3.57. The molecule has 1 heterocycles. The molecule has 0 aliphatic heterocycles. The van der Waals surface area contributed by atoms with Crippen molar-refractivity contribution in [2.75, 3.05) is 18.9 Å². The van der Waals surface area contributed by atoms with Gasteiger partial charge in [-0.2, -0.15) is 0 Å². The van der Waals surface area contributed by atoms with Gasteiger partial charge in [0.05, 0.1) is 12.1 Å². The minimum Gasteiger partial charge on any atom is -0.380 e. The number of nitrogens with two attached hydrogens (primary N) is 1. The number of anilines is 1. The summed E-state index contributed by atoms with van der Waals surface area (Å²) in [4.78, 5) is 3.88. The van der Waals surface area contributed by atoms with Crippen LogP contribution in [0, 0.1) is 11.6 Å². The van der Waals surface area contributed by atoms with Crippen molar-refractivity contribution in [2.45, 2.75) is 13.5 Å². The highest BCUT2D eigenvalue weighted by atomic mass is 19.1. The molecule has 1 aromatic heterocycles. The van der Waals surface area contributed by atoms with Gasteiger partial charge in [-0.05, 0) is 6.92 Å². The number of aromatic nitrogens is 2. The molecule has 2 rings (SSSR count). The second-order valence-electron chi connectivity index (χ2n) is 3.57. The Labute approximate surface area is 97.0 Å². The first-order valence-corrected chi connectivity index (χ1v) is 5.32. The molecule has 0 aliphatic rings. The third-order valence-electron chi connectivity index (χ3n) is 2.47. The maximum Gasteiger partial charge on any atom is 0.201 e. The number of ether oxygens (including phenoxy) is 1. The number of benzene rings is 1. The van der Waals surface area contributed by atoms with E-state index in [2.05, 4.69) is 4.98 Å². The number of nitrogen functional groups attached to an aromatic ring is 1. The van der Waals surface area contributed by atoms with Crippen molar-refractivity contribution < 1.29 is 13.5 Å². The molecule has 0 spiro atoms. The van der Waals surface area contributed by atoms with Crippen LogP contribution < -0.4 is 5.73 Å². The van der Waals surface area contributed by atoms with Crippen LogP contribution in [0.1, 0.15) is 6.92 Å². The smallest absolute Gasteiger partial charge is 0.201 e. The molecule has 0 aliphatic carbocycles. The van der Waals surface area contributed by atoms with Crippen LogP contribution >= 0.6 is 0 Å². The first-order chi connectivity index (χ1) is 8.13. The normalized spacial score (nSPS) is 11.2. The Morgan fingerprint density at radius 1 is 1.41 bits per heavy atom. The van der Waals surface area contributed by atoms with E-state index in [9.17, 15) is 8.78 Å². The van der Waals surface area contributed by atoms with Crippen LogP contribution in [0.4, 0.5) is 14.7 Å². The van der Waals surface area contributed by atoms with Gasteiger partial charge in [0.15, 0.2) is 5.82 Å². The van der Waals surface area contributed by atoms with E-state index >= 15 is 0 Å². The molecule has 0 atom stereocenters. The largest absolute Gasteiger partial charge is 0.380 e. The SMILES string of the molecule is CCOCCn1c(N)nc2c(F)cc(F)cc21. The highest BCUT2D eigenvalue weighted by Crippen LogP contribution is 2.21. The lowest BCUT2D eigenvalue weighted by Crippen LogP contribution is -2.08. The molecule has 0 saturated heterocycles. The Balaban J connectivity index is 2.43. The van der Waals surface area contributed by atoms with Gasteiger partial charge in [-0.3, -0.25) is 0 Å². The molecule has 2 N–H and O–H groups in total. The lowest BCUT2D eigenvalue weighted by Gasteiger charge is -2.06. The zero-order valence-electron chi connectivity index (χ0n) is 9.41. The second kappa shape index (κ2) is 4.67. The number of hydrogen-bond donors (Lipinski definition) is 1. The van der Waals surface area contributed by atoms with Gasteiger partial charge in [-0.1, -0.05) is 0 Å². The van der Waals surface area contributed by atoms with E-state index in [1.807, 2.05) is 6.92 Å². The van der Waals surface area contributed by atoms with E-state index in [0.717, 1.165) is 6.07 Å². The van der Waals surface area contributed by atoms with Crippen molar-refractivity contribution in [3.8, 4) is 0 Å². The van der Waals surface area contributed by atoms with Crippen LogP contribution in [0.3, 0.4) is 0 Å². The first-order valence-electron chi connectivity index (χ1n) is 5.32. The summed E-state index contributed by atoms with van der Waals surface area (Å²) >= 11 is 0. The van der Waals surface area contributed by atoms with Gasteiger partial charge in [0, 0.05) is 25.3 Å². The number of halogens is 2. The van der Waals surface area contributed by atoms with Gasteiger partial charge in [0.25, 0.3) is 0 Å². The fourth-order valence-corrected chi connectivity index (χ4v) is 1.70. The molecule has 92 valence electrons. The van der Waals surface area contributed by atoms with Gasteiger partial charge >= 0.3 is 0 Å². The van der Waals surface area contributed by atoms with Crippen molar-refractivity contribution in [3.05, 3.63) is 23.8 Å². The van der Waals surface area contributed by atoms with E-state index in [1.54, 1.807) is 0 Å². The Morgan fingerprint density at radius 3 is 2.88 bits per heavy atom. The zero-order valence-corrected chi connectivity index (χ0v) is 9.41. The molecule has 0 unspecified atom stereocenters. The summed E-state index contributed by atoms with van der Waals surface area (Å²) in [5.74, 6) is -1.20. The van der Waals surface area contributed by atoms with Gasteiger partial charge in [-0.25, -0.2) is 13.8 Å². The van der Waals surface area contributed by atoms with Crippen molar-refractivity contribution in [1.29, 1.82) is 0 Å². The van der Waals surface area contributed by atoms with Crippen molar-refractivity contribution >= 4 is 17.0 Å². The monoisotopic (exact) mass is 241 g/mol. The molecule has 6 heteroatoms. The summed E-state index contributed by atoms with van der Waals surface area (Å²) in [5, 5.41) is 0. The minimum atomic E-state index is -0.707. The summed E-state index contributed by atoms with van der Waals surface area (Å²) in [7, 11) is 0. The zero-order chi connectivity index (χ0) is 12.4. The Bertz CT molecular complexity index is 539. The van der Waals surface area contributed by atoms with E-state index in [4.69, 9.17) is 10.5 Å². The quantitative estimate of drug-likeness (QED) is 0.832. The Morgan fingerprint density at radius 2 is 2.18 bits per heavy atom. The average molecular weight is 241 g/mol. The lowest BCUT2D eigenvalue weighted by molar-refractivity contribution is 0.140. The van der Waals surface area contributed by atoms with Gasteiger partial charge < -0.3 is 15.0 Å². The predicted octanol–water partition coefficient (Wildman–Crippen LogP) is 1.93. The molecule has 0 amide bonds. The summed E-state index contributed by atoms with van der Waals surface area (Å²) < 4.78 is 33.3. The molecule has 4 nitrogen and oxygen atoms in total. The highest BCUT2D eigenvalue weighted by molar-refractivity contribution is 5.79. The van der Waals surface area contributed by atoms with Crippen LogP contribution in [0.15, 0.2) is 12.1 Å². The summed E-state index contributed by atoms with van der Waals surface area (Å²) in [6.07, 6.45) is 0. The number of imidazole rings is 1. The molecule has 0 saturated carbocycles. The summed E-state index contributed by atoms with van der Waals surface area (Å²) in [6.45, 7) is 3.29. The number of rotatable bonds is 4. The lowest BCUT2D eigenvalue weighted by atomic mass is 10.3. The molecular weight excluding hydrogens is 228 g/mol. The summed E-state index contributed by atoms with van der Waals surface area (Å²) in [5.41, 5.74) is 6.09. The third-order valence-corrected chi connectivity index (χ3v) is 2.47. The standard InChI is InChI=1S/C11H13F2N3O/c1-2-17-4-3-16-9-6-7(12)5-8(13)10(9)15-11(16)14/h5-6H,2-4H2,1H3,(H2,14,15). The van der Waals surface area contributed by atoms with E-state index in [0.29, 0.717) is 25.3 Å². The first kappa shape index (κ1) is 11.8. The molecule has 0 fully saturated rings. The van der Waals surface area contributed by atoms with Crippen molar-refractivity contribution in [2.24, 2.45) is 0 Å². The van der Waals surface area contributed by atoms with E-state index in [-0.39, 0.29) is 11.5 Å². The number of fused-ring (bicyclic) bond motifs is 1. The molecule has 0 bridgehead atoms. The van der Waals surface area contributed by atoms with E-state index in [1.165, 1.54) is 10.6 Å². The van der Waals surface area contributed by atoms with Crippen LogP contribution in [0.2, 0.25) is 0 Å². The maximum atomic E-state index is 13.4. The Hall–Kier alpha value is -1.69. The topological polar surface area (TPSA) is 53.1 Å². The predicted molar refractivity (Wildman–Crippen MR) is 60.6 cm³/mol. The highest BCUT2D eigenvalue weighted by Gasteiger charge is 2.13. The molecule has 17 heavy (non-hydrogen) atoms. The third kappa shape index (κ3) is 2.21. The number of hydrogen-bond acceptors (Lipinski definition) is 3. The molecule has 2 aromatic rings. The van der Waals surface area contributed by atoms with Crippen molar-refractivity contribution in [1.82, 2.24) is 9.55 Å². The van der Waals surface area contributed by atoms with Crippen LogP contribution in [0.25, 0.3) is 11.0 Å². The number of nitrogens with zero attached hydrogens (tertiary/aromatic N) is 2. The fraction of sp³-hybridized carbons (Fsp3) is 0.364. The van der Waals surface area contributed by atoms with Gasteiger partial charge in [0.2, 0.25) is 5.95 Å². The van der Waals surface area contributed by atoms with Crippen LogP contribution in [-0.4, -0.2) is 22.8 Å². The van der Waals surface area contributed by atoms with E-state index < -0.39 is 11.6 Å². The fourth-order valence-electron chi connectivity index (χ4n) is 1.70. The molecular formula is C11H13F2N3O. The molecule has 1 aromatic carbocycles.